The zero-order chi connectivity index (χ0) is 23.8. The Morgan fingerprint density at radius 2 is 1.41 bits per heavy atom. The van der Waals surface area contributed by atoms with E-state index in [1.807, 2.05) is 36.4 Å². The number of benzene rings is 2. The molecule has 0 radical (unpaired) electrons. The van der Waals surface area contributed by atoms with Gasteiger partial charge in [-0.25, -0.2) is 14.6 Å². The Bertz CT molecular complexity index is 989. The molecule has 2 aliphatic heterocycles. The van der Waals surface area contributed by atoms with Crippen molar-refractivity contribution in [3.63, 3.8) is 0 Å². The molecule has 0 bridgehead atoms. The lowest BCUT2D eigenvalue weighted by molar-refractivity contribution is -0.326. The highest BCUT2D eigenvalue weighted by atomic mass is 31.0. The molecule has 2 aromatic rings. The van der Waals surface area contributed by atoms with Gasteiger partial charge in [-0.1, -0.05) is 60.7 Å². The zero-order valence-corrected chi connectivity index (χ0v) is 21.2. The van der Waals surface area contributed by atoms with Crippen LogP contribution in [0, 0.1) is 0 Å². The largest absolute Gasteiger partial charge is 0.454 e. The van der Waals surface area contributed by atoms with Crippen molar-refractivity contribution in [1.29, 1.82) is 0 Å². The van der Waals surface area contributed by atoms with Gasteiger partial charge in [-0.2, -0.15) is 0 Å². The Kier molecular flexibility index (Phi) is 9.41. The van der Waals surface area contributed by atoms with Gasteiger partial charge in [0.2, 0.25) is 0 Å². The number of ether oxygens (including phenoxy) is 3. The molecular weight excluding hydrogens is 470 g/mol. The summed E-state index contributed by atoms with van der Waals surface area (Å²) in [5.74, 6) is -0.426. The van der Waals surface area contributed by atoms with Crippen molar-refractivity contribution in [3.8, 4) is 0 Å². The zero-order valence-electron chi connectivity index (χ0n) is 18.9. The standard InChI is InChI=1S/C26H30O6P2/c27-24(12-11-19-5-9-21(17-34)10-6-19)31-22-14-28-26-23(15-29-25(22)26)32-30-13-1-2-18-3-7-20(16-33)8-4-18/h1-12,22-23,25-26H,13-17,33-34H2/b2-1+,12-11?/t22-,23+,25-,26-/m1/s1. The van der Waals surface area contributed by atoms with Gasteiger partial charge in [-0.05, 0) is 40.7 Å². The second kappa shape index (κ2) is 12.7. The number of carbonyl (C=O) groups excluding carboxylic acids is 1. The molecule has 2 aromatic carbocycles. The second-order valence-corrected chi connectivity index (χ2v) is 8.93. The van der Waals surface area contributed by atoms with Crippen LogP contribution in [-0.2, 0) is 41.1 Å². The molecule has 6 nitrogen and oxygen atoms in total. The van der Waals surface area contributed by atoms with Crippen LogP contribution < -0.4 is 0 Å². The first kappa shape index (κ1) is 25.2. The van der Waals surface area contributed by atoms with E-state index >= 15 is 0 Å². The Morgan fingerprint density at radius 3 is 2.03 bits per heavy atom. The summed E-state index contributed by atoms with van der Waals surface area (Å²) in [7, 11) is 5.40. The Labute approximate surface area is 205 Å². The van der Waals surface area contributed by atoms with Crippen molar-refractivity contribution >= 4 is 36.6 Å². The summed E-state index contributed by atoms with van der Waals surface area (Å²) in [6.45, 7) is 0.895. The van der Waals surface area contributed by atoms with Crippen LogP contribution in [0.2, 0.25) is 0 Å². The molecule has 0 aromatic heterocycles. The van der Waals surface area contributed by atoms with E-state index < -0.39 is 12.1 Å². The van der Waals surface area contributed by atoms with E-state index in [2.05, 4.69) is 42.7 Å². The van der Waals surface area contributed by atoms with Crippen LogP contribution in [0.1, 0.15) is 22.3 Å². The van der Waals surface area contributed by atoms with E-state index in [-0.39, 0.29) is 24.9 Å². The third kappa shape index (κ3) is 6.82. The third-order valence-electron chi connectivity index (χ3n) is 5.74. The van der Waals surface area contributed by atoms with Crippen LogP contribution in [0.4, 0.5) is 0 Å². The Balaban J connectivity index is 1.18. The van der Waals surface area contributed by atoms with Gasteiger partial charge in [0.15, 0.2) is 6.10 Å². The first-order valence-corrected chi connectivity index (χ1v) is 12.9. The van der Waals surface area contributed by atoms with Crippen molar-refractivity contribution < 1.29 is 28.8 Å². The molecule has 0 saturated carbocycles. The first-order valence-electron chi connectivity index (χ1n) is 11.3. The second-order valence-electron chi connectivity index (χ2n) is 8.12. The summed E-state index contributed by atoms with van der Waals surface area (Å²) in [6.07, 6.45) is 7.35. The summed E-state index contributed by atoms with van der Waals surface area (Å²) in [5, 5.41) is 0. The number of carbonyl (C=O) groups is 1. The van der Waals surface area contributed by atoms with Gasteiger partial charge in [0.1, 0.15) is 24.9 Å². The van der Waals surface area contributed by atoms with Crippen molar-refractivity contribution in [2.75, 3.05) is 19.8 Å². The lowest BCUT2D eigenvalue weighted by atomic mass is 10.1. The third-order valence-corrected chi connectivity index (χ3v) is 6.68. The fourth-order valence-electron chi connectivity index (χ4n) is 3.85. The number of hydrogen-bond acceptors (Lipinski definition) is 6. The van der Waals surface area contributed by atoms with Crippen LogP contribution in [0.25, 0.3) is 12.2 Å². The smallest absolute Gasteiger partial charge is 0.331 e. The van der Waals surface area contributed by atoms with E-state index in [1.165, 1.54) is 17.2 Å². The lowest BCUT2D eigenvalue weighted by Crippen LogP contribution is -2.34. The number of esters is 1. The summed E-state index contributed by atoms with van der Waals surface area (Å²) in [4.78, 5) is 23.1. The van der Waals surface area contributed by atoms with E-state index in [1.54, 1.807) is 6.08 Å². The maximum absolute atomic E-state index is 12.3. The molecule has 4 rings (SSSR count). The molecular formula is C26H30O6P2. The van der Waals surface area contributed by atoms with Crippen molar-refractivity contribution in [2.45, 2.75) is 36.7 Å². The van der Waals surface area contributed by atoms with Crippen LogP contribution in [-0.4, -0.2) is 50.2 Å². The van der Waals surface area contributed by atoms with Crippen LogP contribution in [0.3, 0.4) is 0 Å². The Morgan fingerprint density at radius 1 is 0.853 bits per heavy atom. The van der Waals surface area contributed by atoms with Gasteiger partial charge in [0.05, 0.1) is 13.2 Å². The minimum absolute atomic E-state index is 0.268. The fraction of sp³-hybridized carbons (Fsp3) is 0.346. The van der Waals surface area contributed by atoms with Crippen molar-refractivity contribution in [1.82, 2.24) is 0 Å². The molecule has 2 unspecified atom stereocenters. The maximum atomic E-state index is 12.3. The first-order chi connectivity index (χ1) is 16.7. The topological polar surface area (TPSA) is 63.2 Å². The lowest BCUT2D eigenvalue weighted by Gasteiger charge is -2.16. The van der Waals surface area contributed by atoms with Crippen molar-refractivity contribution in [3.05, 3.63) is 82.9 Å². The van der Waals surface area contributed by atoms with Gasteiger partial charge in [0, 0.05) is 6.08 Å². The van der Waals surface area contributed by atoms with E-state index in [0.29, 0.717) is 13.2 Å². The van der Waals surface area contributed by atoms with Gasteiger partial charge in [0.25, 0.3) is 0 Å². The molecule has 0 aliphatic carbocycles. The minimum Gasteiger partial charge on any atom is -0.454 e. The van der Waals surface area contributed by atoms with Crippen molar-refractivity contribution in [2.24, 2.45) is 0 Å². The number of fused-ring (bicyclic) bond motifs is 1. The van der Waals surface area contributed by atoms with Gasteiger partial charge >= 0.3 is 5.97 Å². The average molecular weight is 500 g/mol. The minimum atomic E-state index is -0.473. The summed E-state index contributed by atoms with van der Waals surface area (Å²) in [6, 6.07) is 16.3. The number of rotatable bonds is 10. The van der Waals surface area contributed by atoms with Gasteiger partial charge in [-0.3, -0.25) is 0 Å². The Hall–Kier alpha value is -1.91. The predicted octanol–water partition coefficient (Wildman–Crippen LogP) is 4.19. The molecule has 6 atom stereocenters. The molecule has 2 fully saturated rings. The van der Waals surface area contributed by atoms with Crippen LogP contribution in [0.15, 0.2) is 60.7 Å². The molecule has 0 amide bonds. The predicted molar refractivity (Wildman–Crippen MR) is 138 cm³/mol. The summed E-state index contributed by atoms with van der Waals surface area (Å²) in [5.41, 5.74) is 4.53. The number of hydrogen-bond donors (Lipinski definition) is 0. The molecule has 0 N–H and O–H groups in total. The maximum Gasteiger partial charge on any atom is 0.331 e. The highest BCUT2D eigenvalue weighted by Crippen LogP contribution is 2.30. The molecule has 2 saturated heterocycles. The SMILES string of the molecule is O=C(C=Cc1ccc(CP)cc1)O[C@@H]1CO[C@H]2[C@@H]1OC[C@@H]2OOC/C=C/c1ccc(CP)cc1. The normalized spacial score (nSPS) is 24.2. The highest BCUT2D eigenvalue weighted by Gasteiger charge is 2.50. The van der Waals surface area contributed by atoms with Crippen LogP contribution >= 0.6 is 18.5 Å². The van der Waals surface area contributed by atoms with Crippen LogP contribution in [0.5, 0.6) is 0 Å². The molecule has 2 aliphatic rings. The van der Waals surface area contributed by atoms with E-state index in [4.69, 9.17) is 24.0 Å². The fourth-order valence-corrected chi connectivity index (χ4v) is 4.39. The molecule has 34 heavy (non-hydrogen) atoms. The molecule has 2 heterocycles. The van der Waals surface area contributed by atoms with E-state index in [9.17, 15) is 4.79 Å². The average Bonchev–Trinajstić information content (AvgIpc) is 3.46. The molecule has 180 valence electrons. The van der Waals surface area contributed by atoms with Gasteiger partial charge < -0.3 is 14.2 Å². The highest BCUT2D eigenvalue weighted by molar-refractivity contribution is 7.15. The quantitative estimate of drug-likeness (QED) is 0.122. The monoisotopic (exact) mass is 500 g/mol. The summed E-state index contributed by atoms with van der Waals surface area (Å²) < 4.78 is 17.1. The molecule has 8 heteroatoms. The summed E-state index contributed by atoms with van der Waals surface area (Å²) >= 11 is 0. The molecule has 0 spiro atoms. The van der Waals surface area contributed by atoms with Gasteiger partial charge in [-0.15, -0.1) is 18.5 Å². The van der Waals surface area contributed by atoms with E-state index in [0.717, 1.165) is 23.5 Å².